The van der Waals surface area contributed by atoms with Gasteiger partial charge in [-0.3, -0.25) is 19.5 Å². The van der Waals surface area contributed by atoms with Gasteiger partial charge in [-0.05, 0) is 18.4 Å². The van der Waals surface area contributed by atoms with Gasteiger partial charge in [0.15, 0.2) is 0 Å². The van der Waals surface area contributed by atoms with Crippen LogP contribution in [0.5, 0.6) is 5.88 Å². The predicted molar refractivity (Wildman–Crippen MR) is 139 cm³/mol. The molecule has 2 aliphatic rings. The molecule has 0 unspecified atom stereocenters. The molecule has 3 N–H and O–H groups in total. The summed E-state index contributed by atoms with van der Waals surface area (Å²) in [6.45, 7) is 9.84. The van der Waals surface area contributed by atoms with Crippen LogP contribution in [0.15, 0.2) is 30.9 Å². The lowest BCUT2D eigenvalue weighted by atomic mass is 9.84. The quantitative estimate of drug-likeness (QED) is 0.336. The number of carbonyl (C=O) groups excluding carboxylic acids is 2. The van der Waals surface area contributed by atoms with Crippen LogP contribution in [0, 0.1) is 12.3 Å². The number of carbonyl (C=O) groups is 2. The van der Waals surface area contributed by atoms with Crippen LogP contribution in [0.1, 0.15) is 36.3 Å². The number of ether oxygens (including phenoxy) is 1. The molecule has 2 aliphatic heterocycles. The first-order chi connectivity index (χ1) is 17.8. The molecule has 37 heavy (non-hydrogen) atoms. The molecule has 2 amide bonds. The Hall–Kier alpha value is -3.77. The Bertz CT molecular complexity index is 1510. The fraction of sp³-hybridized carbons (Fsp3) is 0.400. The standard InChI is InChI=1S/C25H28N8O3S/c1-15-19(7-16(8-26-15)29-21(34)12-31-13-25(2,3)14-31)30-22(35)18-10-28-33-11-20(37-24(18)33)17-9-27-32-5-4-6-36-23(17)32/h7-11H,4-6,12-14H2,1-3H3,(H2,29,30,34,35)/p+1. The van der Waals surface area contributed by atoms with E-state index in [0.29, 0.717) is 35.8 Å². The molecule has 0 aliphatic carbocycles. The zero-order chi connectivity index (χ0) is 25.7. The minimum Gasteiger partial charge on any atom is -0.477 e. The molecular weight excluding hydrogens is 492 g/mol. The lowest BCUT2D eigenvalue weighted by Crippen LogP contribution is -2.54. The van der Waals surface area contributed by atoms with Crippen LogP contribution in [0.25, 0.3) is 15.3 Å². The van der Waals surface area contributed by atoms with Crippen molar-refractivity contribution in [3.8, 4) is 16.3 Å². The number of pyridine rings is 1. The van der Waals surface area contributed by atoms with Gasteiger partial charge < -0.3 is 15.4 Å². The first-order valence-corrected chi connectivity index (χ1v) is 13.1. The van der Waals surface area contributed by atoms with E-state index in [1.807, 2.05) is 28.5 Å². The van der Waals surface area contributed by atoms with E-state index < -0.39 is 0 Å². The van der Waals surface area contributed by atoms with Crippen LogP contribution in [-0.2, 0) is 11.3 Å². The van der Waals surface area contributed by atoms with Crippen LogP contribution >= 0.6 is 11.3 Å². The van der Waals surface area contributed by atoms with Gasteiger partial charge in [-0.1, -0.05) is 29.7 Å². The number of rotatable bonds is 6. The molecule has 11 nitrogen and oxygen atoms in total. The third-order valence-electron chi connectivity index (χ3n) is 6.59. The van der Waals surface area contributed by atoms with E-state index in [0.717, 1.165) is 47.2 Å². The second-order valence-electron chi connectivity index (χ2n) is 10.4. The van der Waals surface area contributed by atoms with Gasteiger partial charge in [0.1, 0.15) is 10.4 Å². The fourth-order valence-electron chi connectivity index (χ4n) is 4.95. The van der Waals surface area contributed by atoms with Gasteiger partial charge in [-0.25, -0.2) is 4.68 Å². The van der Waals surface area contributed by atoms with E-state index in [2.05, 4.69) is 44.6 Å². The number of fused-ring (bicyclic) bond motifs is 2. The van der Waals surface area contributed by atoms with Crippen molar-refractivity contribution < 1.29 is 18.8 Å². The maximum Gasteiger partial charge on any atom is 0.306 e. The predicted octanol–water partition coefficient (Wildman–Crippen LogP) is 2.70. The van der Waals surface area contributed by atoms with Crippen molar-refractivity contribution in [1.82, 2.24) is 24.8 Å². The fourth-order valence-corrected chi connectivity index (χ4v) is 6.04. The molecule has 1 fully saturated rings. The van der Waals surface area contributed by atoms with Crippen molar-refractivity contribution in [2.24, 2.45) is 5.41 Å². The second-order valence-corrected chi connectivity index (χ2v) is 11.4. The van der Waals surface area contributed by atoms with E-state index in [-0.39, 0.29) is 17.2 Å². The molecule has 0 spiro atoms. The molecule has 0 aromatic carbocycles. The number of aromatic nitrogens is 5. The third-order valence-corrected chi connectivity index (χ3v) is 7.75. The Morgan fingerprint density at radius 2 is 2.11 bits per heavy atom. The largest absolute Gasteiger partial charge is 0.477 e. The summed E-state index contributed by atoms with van der Waals surface area (Å²) < 4.78 is 9.53. The number of aryl methyl sites for hydroxylation is 2. The number of hydrogen-bond acceptors (Lipinski definition) is 7. The van der Waals surface area contributed by atoms with Crippen LogP contribution in [-0.4, -0.2) is 62.8 Å². The number of thiazole rings is 1. The highest BCUT2D eigenvalue weighted by Gasteiger charge is 2.34. The Morgan fingerprint density at radius 1 is 1.27 bits per heavy atom. The maximum atomic E-state index is 13.3. The zero-order valence-corrected chi connectivity index (χ0v) is 21.8. The van der Waals surface area contributed by atoms with Gasteiger partial charge in [0, 0.05) is 26.1 Å². The molecule has 0 saturated carbocycles. The van der Waals surface area contributed by atoms with Crippen molar-refractivity contribution in [3.63, 3.8) is 0 Å². The number of H-pyrrole nitrogens is 1. The monoisotopic (exact) mass is 521 g/mol. The van der Waals surface area contributed by atoms with Crippen LogP contribution < -0.4 is 19.9 Å². The minimum absolute atomic E-state index is 0.0976. The smallest absolute Gasteiger partial charge is 0.306 e. The van der Waals surface area contributed by atoms with Crippen molar-refractivity contribution in [2.45, 2.75) is 33.7 Å². The third kappa shape index (κ3) is 4.58. The number of nitrogens with one attached hydrogen (secondary N) is 3. The van der Waals surface area contributed by atoms with E-state index in [9.17, 15) is 9.59 Å². The number of likely N-dealkylation sites (tertiary alicyclic amines) is 1. The maximum absolute atomic E-state index is 13.3. The number of hydrogen-bond donors (Lipinski definition) is 3. The van der Waals surface area contributed by atoms with Crippen LogP contribution in [0.3, 0.4) is 0 Å². The summed E-state index contributed by atoms with van der Waals surface area (Å²) in [6, 6.07) is 1.74. The molecule has 0 bridgehead atoms. The molecule has 0 atom stereocenters. The summed E-state index contributed by atoms with van der Waals surface area (Å²) in [5.74, 6) is 0.399. The zero-order valence-electron chi connectivity index (χ0n) is 21.0. The van der Waals surface area contributed by atoms with Crippen LogP contribution in [0.2, 0.25) is 0 Å². The molecule has 6 rings (SSSR count). The van der Waals surface area contributed by atoms with Crippen LogP contribution in [0.4, 0.5) is 11.4 Å². The number of amides is 2. The summed E-state index contributed by atoms with van der Waals surface area (Å²) in [5, 5.41) is 13.4. The lowest BCUT2D eigenvalue weighted by Gasteiger charge is -2.45. The van der Waals surface area contributed by atoms with Gasteiger partial charge in [0.25, 0.3) is 5.91 Å². The number of aromatic amines is 1. The second kappa shape index (κ2) is 8.96. The highest BCUT2D eigenvalue weighted by atomic mass is 32.1. The molecule has 0 radical (unpaired) electrons. The normalized spacial score (nSPS) is 16.6. The van der Waals surface area contributed by atoms with Gasteiger partial charge in [0.05, 0.1) is 54.4 Å². The van der Waals surface area contributed by atoms with E-state index in [4.69, 9.17) is 4.74 Å². The molecule has 6 heterocycles. The van der Waals surface area contributed by atoms with E-state index >= 15 is 0 Å². The molecule has 4 aromatic rings. The lowest BCUT2D eigenvalue weighted by molar-refractivity contribution is -0.572. The number of nitrogens with zero attached hydrogens (tertiary/aromatic N) is 5. The van der Waals surface area contributed by atoms with Gasteiger partial charge in [0.2, 0.25) is 18.0 Å². The molecular formula is C25H29N8O3S+. The van der Waals surface area contributed by atoms with Gasteiger partial charge >= 0.3 is 4.83 Å². The summed E-state index contributed by atoms with van der Waals surface area (Å²) in [4.78, 5) is 33.9. The van der Waals surface area contributed by atoms with Crippen molar-refractivity contribution in [2.75, 3.05) is 36.9 Å². The first kappa shape index (κ1) is 23.6. The van der Waals surface area contributed by atoms with Crippen molar-refractivity contribution >= 4 is 39.4 Å². The summed E-state index contributed by atoms with van der Waals surface area (Å²) in [7, 11) is 0. The Balaban J connectivity index is 1.17. The highest BCUT2D eigenvalue weighted by molar-refractivity contribution is 7.20. The van der Waals surface area contributed by atoms with Gasteiger partial charge in [-0.15, -0.1) is 0 Å². The Kier molecular flexibility index (Phi) is 5.72. The Labute approximate surface area is 217 Å². The topological polar surface area (TPSA) is 121 Å². The average Bonchev–Trinajstić information content (AvgIpc) is 3.53. The molecule has 192 valence electrons. The SMILES string of the molecule is Cc1ncc(NC(=O)CN2CC(C)(C)C2)cc1NC(=O)c1c[nH][n+]2cc(-c3cnn4c3OCCC4)sc12. The summed E-state index contributed by atoms with van der Waals surface area (Å²) in [6.07, 6.45) is 7.97. The Morgan fingerprint density at radius 3 is 2.92 bits per heavy atom. The first-order valence-electron chi connectivity index (χ1n) is 12.3. The summed E-state index contributed by atoms with van der Waals surface area (Å²) in [5.41, 5.74) is 3.43. The highest BCUT2D eigenvalue weighted by Crippen LogP contribution is 2.36. The van der Waals surface area contributed by atoms with Gasteiger partial charge in [-0.2, -0.15) is 10.2 Å². The van der Waals surface area contributed by atoms with E-state index in [1.165, 1.54) is 11.3 Å². The molecule has 4 aromatic heterocycles. The van der Waals surface area contributed by atoms with E-state index in [1.54, 1.807) is 18.5 Å². The number of anilines is 2. The van der Waals surface area contributed by atoms with Crippen molar-refractivity contribution in [1.29, 1.82) is 0 Å². The minimum atomic E-state index is -0.267. The average molecular weight is 522 g/mol. The summed E-state index contributed by atoms with van der Waals surface area (Å²) >= 11 is 1.49. The van der Waals surface area contributed by atoms with Crippen molar-refractivity contribution in [3.05, 3.63) is 42.1 Å². The molecule has 12 heteroatoms. The molecule has 1 saturated heterocycles.